The summed E-state index contributed by atoms with van der Waals surface area (Å²) in [6.45, 7) is 0.372. The number of ether oxygens (including phenoxy) is 1. The van der Waals surface area contributed by atoms with E-state index in [1.807, 2.05) is 54.6 Å². The molecule has 9 heteroatoms. The second-order valence-corrected chi connectivity index (χ2v) is 8.00. The molecule has 0 saturated carbocycles. The van der Waals surface area contributed by atoms with Crippen LogP contribution in [0.5, 0.6) is 5.75 Å². The number of pyridine rings is 1. The number of rotatable bonds is 7. The van der Waals surface area contributed by atoms with Crippen LogP contribution < -0.4 is 16.1 Å². The van der Waals surface area contributed by atoms with Crippen LogP contribution in [0.2, 0.25) is 10.0 Å². The molecule has 0 amide bonds. The minimum atomic E-state index is -0.610. The van der Waals surface area contributed by atoms with Crippen LogP contribution in [0.15, 0.2) is 68.7 Å². The molecular weight excluding hydrogens is 465 g/mol. The van der Waals surface area contributed by atoms with E-state index in [1.54, 1.807) is 17.8 Å². The summed E-state index contributed by atoms with van der Waals surface area (Å²) >= 11 is 12.6. The molecule has 4 rings (SSSR count). The van der Waals surface area contributed by atoms with E-state index in [0.29, 0.717) is 29.5 Å². The quantitative estimate of drug-likeness (QED) is 0.402. The molecule has 0 aliphatic rings. The van der Waals surface area contributed by atoms with Crippen LogP contribution in [0.25, 0.3) is 23.5 Å². The zero-order chi connectivity index (χ0) is 23.4. The van der Waals surface area contributed by atoms with E-state index in [4.69, 9.17) is 27.9 Å². The summed E-state index contributed by atoms with van der Waals surface area (Å²) in [5.74, 6) is 0.477. The van der Waals surface area contributed by atoms with E-state index in [9.17, 15) is 9.59 Å². The Bertz CT molecular complexity index is 1420. The molecule has 0 saturated heterocycles. The number of nitrogens with zero attached hydrogens (tertiary/aromatic N) is 2. The molecule has 33 heavy (non-hydrogen) atoms. The zero-order valence-corrected chi connectivity index (χ0v) is 19.1. The SMILES string of the molecule is COc1cccc(/C=C/c2c(Cl)cc(Cl)c(=O)n2CCc2ccc(-c3noc(=O)[nH]3)cc2)c1. The fraction of sp³-hybridized carbons (Fsp3) is 0.125. The summed E-state index contributed by atoms with van der Waals surface area (Å²) < 4.78 is 11.3. The van der Waals surface area contributed by atoms with Gasteiger partial charge in [-0.2, -0.15) is 0 Å². The van der Waals surface area contributed by atoms with Gasteiger partial charge in [0, 0.05) is 12.1 Å². The van der Waals surface area contributed by atoms with Crippen LogP contribution in [0.1, 0.15) is 16.8 Å². The molecule has 2 aromatic heterocycles. The lowest BCUT2D eigenvalue weighted by atomic mass is 10.1. The number of benzene rings is 2. The van der Waals surface area contributed by atoms with E-state index in [2.05, 4.69) is 14.7 Å². The van der Waals surface area contributed by atoms with E-state index in [0.717, 1.165) is 22.4 Å². The number of aryl methyl sites for hydroxylation is 1. The first-order valence-corrected chi connectivity index (χ1v) is 10.8. The standard InChI is InChI=1S/C24H19Cl2N3O4/c1-32-18-4-2-3-16(13-18)7-10-21-19(25)14-20(26)23(30)29(21)12-11-15-5-8-17(9-6-15)22-27-24(31)33-28-22/h2-10,13-14H,11-12H2,1H3,(H,27,28,31)/b10-7+. The number of hydrogen-bond acceptors (Lipinski definition) is 5. The highest BCUT2D eigenvalue weighted by Crippen LogP contribution is 2.22. The molecule has 0 bridgehead atoms. The Labute approximate surface area is 198 Å². The van der Waals surface area contributed by atoms with Crippen molar-refractivity contribution < 1.29 is 9.26 Å². The largest absolute Gasteiger partial charge is 0.497 e. The number of nitrogens with one attached hydrogen (secondary N) is 1. The molecule has 1 N–H and O–H groups in total. The Balaban J connectivity index is 1.58. The van der Waals surface area contributed by atoms with Crippen LogP contribution in [-0.2, 0) is 13.0 Å². The summed E-state index contributed by atoms with van der Waals surface area (Å²) in [4.78, 5) is 26.4. The van der Waals surface area contributed by atoms with Crippen molar-refractivity contribution >= 4 is 35.4 Å². The monoisotopic (exact) mass is 483 g/mol. The third kappa shape index (κ3) is 5.27. The second kappa shape index (κ2) is 9.94. The minimum absolute atomic E-state index is 0.0591. The van der Waals surface area contributed by atoms with Gasteiger partial charge in [0.25, 0.3) is 5.56 Å². The third-order valence-electron chi connectivity index (χ3n) is 5.06. The average Bonchev–Trinajstić information content (AvgIpc) is 3.26. The summed E-state index contributed by atoms with van der Waals surface area (Å²) in [6, 6.07) is 16.4. The molecule has 0 fully saturated rings. The highest BCUT2D eigenvalue weighted by Gasteiger charge is 2.12. The van der Waals surface area contributed by atoms with Gasteiger partial charge < -0.3 is 9.30 Å². The Morgan fingerprint density at radius 2 is 1.85 bits per heavy atom. The smallest absolute Gasteiger partial charge is 0.439 e. The van der Waals surface area contributed by atoms with Crippen LogP contribution in [0.4, 0.5) is 0 Å². The maximum Gasteiger partial charge on any atom is 0.439 e. The predicted molar refractivity (Wildman–Crippen MR) is 129 cm³/mol. The number of aromatic nitrogens is 3. The number of hydrogen-bond donors (Lipinski definition) is 1. The van der Waals surface area contributed by atoms with Gasteiger partial charge in [0.2, 0.25) is 0 Å². The fourth-order valence-corrected chi connectivity index (χ4v) is 3.89. The second-order valence-electron chi connectivity index (χ2n) is 7.18. The molecule has 0 aliphatic heterocycles. The van der Waals surface area contributed by atoms with Gasteiger partial charge in [-0.25, -0.2) is 4.79 Å². The Morgan fingerprint density at radius 1 is 1.06 bits per heavy atom. The molecule has 0 unspecified atom stereocenters. The summed E-state index contributed by atoms with van der Waals surface area (Å²) in [6.07, 6.45) is 4.21. The molecular formula is C24H19Cl2N3O4. The van der Waals surface area contributed by atoms with Crippen molar-refractivity contribution in [1.29, 1.82) is 0 Å². The number of H-pyrrole nitrogens is 1. The maximum absolute atomic E-state index is 12.8. The van der Waals surface area contributed by atoms with Gasteiger partial charge in [0.1, 0.15) is 10.8 Å². The van der Waals surface area contributed by atoms with Crippen LogP contribution >= 0.6 is 23.2 Å². The van der Waals surface area contributed by atoms with Crippen molar-refractivity contribution in [1.82, 2.24) is 14.7 Å². The topological polar surface area (TPSA) is 90.1 Å². The molecule has 4 aromatic rings. The predicted octanol–water partition coefficient (Wildman–Crippen LogP) is 4.92. The van der Waals surface area contributed by atoms with Crippen LogP contribution in [-0.4, -0.2) is 21.8 Å². The number of halogens is 2. The van der Waals surface area contributed by atoms with Crippen molar-refractivity contribution in [3.8, 4) is 17.1 Å². The highest BCUT2D eigenvalue weighted by atomic mass is 35.5. The molecule has 0 aliphatic carbocycles. The minimum Gasteiger partial charge on any atom is -0.497 e. The van der Waals surface area contributed by atoms with Crippen molar-refractivity contribution in [2.24, 2.45) is 0 Å². The van der Waals surface area contributed by atoms with Crippen molar-refractivity contribution in [3.63, 3.8) is 0 Å². The molecule has 0 spiro atoms. The normalized spacial score (nSPS) is 11.2. The number of methoxy groups -OCH3 is 1. The first-order valence-electron chi connectivity index (χ1n) is 10.0. The molecule has 0 atom stereocenters. The van der Waals surface area contributed by atoms with Crippen molar-refractivity contribution in [3.05, 3.63) is 102 Å². The summed E-state index contributed by atoms with van der Waals surface area (Å²) in [7, 11) is 1.61. The van der Waals surface area contributed by atoms with E-state index < -0.39 is 5.76 Å². The van der Waals surface area contributed by atoms with Gasteiger partial charge >= 0.3 is 5.76 Å². The van der Waals surface area contributed by atoms with Crippen LogP contribution in [0.3, 0.4) is 0 Å². The summed E-state index contributed by atoms with van der Waals surface area (Å²) in [5, 5.41) is 4.11. The Hall–Kier alpha value is -3.55. The lowest BCUT2D eigenvalue weighted by Crippen LogP contribution is -2.24. The van der Waals surface area contributed by atoms with Crippen molar-refractivity contribution in [2.45, 2.75) is 13.0 Å². The Morgan fingerprint density at radius 3 is 2.55 bits per heavy atom. The Kier molecular flexibility index (Phi) is 6.82. The van der Waals surface area contributed by atoms with E-state index in [1.165, 1.54) is 6.07 Å². The zero-order valence-electron chi connectivity index (χ0n) is 17.5. The lowest BCUT2D eigenvalue weighted by Gasteiger charge is -2.13. The van der Waals surface area contributed by atoms with Crippen LogP contribution in [0, 0.1) is 0 Å². The average molecular weight is 484 g/mol. The van der Waals surface area contributed by atoms with E-state index >= 15 is 0 Å². The van der Waals surface area contributed by atoms with Gasteiger partial charge in [-0.15, -0.1) is 0 Å². The number of aromatic amines is 1. The van der Waals surface area contributed by atoms with Gasteiger partial charge in [-0.3, -0.25) is 14.3 Å². The molecule has 2 heterocycles. The molecule has 168 valence electrons. The fourth-order valence-electron chi connectivity index (χ4n) is 3.35. The third-order valence-corrected chi connectivity index (χ3v) is 5.63. The summed E-state index contributed by atoms with van der Waals surface area (Å²) in [5.41, 5.74) is 2.85. The maximum atomic E-state index is 12.8. The van der Waals surface area contributed by atoms with Gasteiger partial charge in [-0.1, -0.05) is 70.8 Å². The van der Waals surface area contributed by atoms with Gasteiger partial charge in [-0.05, 0) is 41.8 Å². The molecule has 0 radical (unpaired) electrons. The highest BCUT2D eigenvalue weighted by molar-refractivity contribution is 6.35. The lowest BCUT2D eigenvalue weighted by molar-refractivity contribution is 0.388. The van der Waals surface area contributed by atoms with Gasteiger partial charge in [0.05, 0.1) is 17.8 Å². The van der Waals surface area contributed by atoms with E-state index in [-0.39, 0.29) is 10.6 Å². The molecule has 7 nitrogen and oxygen atoms in total. The first kappa shape index (κ1) is 22.6. The first-order chi connectivity index (χ1) is 15.9. The van der Waals surface area contributed by atoms with Gasteiger partial charge in [0.15, 0.2) is 5.82 Å². The van der Waals surface area contributed by atoms with Crippen molar-refractivity contribution in [2.75, 3.05) is 7.11 Å². The molecule has 2 aromatic carbocycles.